The molecular formula is C13H15ClN4. The number of fused-ring (bicyclic) bond motifs is 1. The molecule has 1 aliphatic carbocycles. The van der Waals surface area contributed by atoms with Gasteiger partial charge in [0.25, 0.3) is 0 Å². The Labute approximate surface area is 111 Å². The smallest absolute Gasteiger partial charge is 0.137 e. The van der Waals surface area contributed by atoms with Crippen LogP contribution in [0, 0.1) is 0 Å². The van der Waals surface area contributed by atoms with Crippen molar-refractivity contribution in [2.24, 2.45) is 5.73 Å². The minimum atomic E-state index is 0.520. The summed E-state index contributed by atoms with van der Waals surface area (Å²) in [7, 11) is 0. The first-order valence-electron chi connectivity index (χ1n) is 6.19. The Hall–Kier alpha value is -1.39. The standard InChI is InChI=1S/C13H15ClN4/c14-9-3-4-10-11(7-9)17-12(8-1-2-8)18-13(10)16-6-5-15/h3-4,7-8H,1-2,5-6,15H2,(H,16,17,18). The van der Waals surface area contributed by atoms with Gasteiger partial charge < -0.3 is 11.1 Å². The molecule has 0 bridgehead atoms. The second kappa shape index (κ2) is 4.71. The summed E-state index contributed by atoms with van der Waals surface area (Å²) in [6, 6.07) is 5.70. The molecular weight excluding hydrogens is 248 g/mol. The van der Waals surface area contributed by atoms with Crippen LogP contribution >= 0.6 is 11.6 Å². The molecule has 1 aromatic carbocycles. The van der Waals surface area contributed by atoms with E-state index in [-0.39, 0.29) is 0 Å². The number of hydrogen-bond donors (Lipinski definition) is 2. The predicted molar refractivity (Wildman–Crippen MR) is 74.1 cm³/mol. The van der Waals surface area contributed by atoms with Gasteiger partial charge in [0, 0.05) is 29.4 Å². The summed E-state index contributed by atoms with van der Waals surface area (Å²) in [6.07, 6.45) is 2.37. The fourth-order valence-corrected chi connectivity index (χ4v) is 2.14. The maximum absolute atomic E-state index is 6.02. The van der Waals surface area contributed by atoms with Crippen LogP contribution in [0.4, 0.5) is 5.82 Å². The molecule has 1 heterocycles. The first kappa shape index (κ1) is 11.7. The van der Waals surface area contributed by atoms with Gasteiger partial charge in [-0.3, -0.25) is 0 Å². The van der Waals surface area contributed by atoms with Crippen molar-refractivity contribution in [3.63, 3.8) is 0 Å². The van der Waals surface area contributed by atoms with Crippen molar-refractivity contribution in [2.75, 3.05) is 18.4 Å². The van der Waals surface area contributed by atoms with Crippen molar-refractivity contribution in [1.29, 1.82) is 0 Å². The lowest BCUT2D eigenvalue weighted by atomic mass is 10.2. The number of hydrogen-bond acceptors (Lipinski definition) is 4. The van der Waals surface area contributed by atoms with Crippen LogP contribution in [-0.2, 0) is 0 Å². The van der Waals surface area contributed by atoms with E-state index in [0.29, 0.717) is 24.0 Å². The Kier molecular flexibility index (Phi) is 3.06. The summed E-state index contributed by atoms with van der Waals surface area (Å²) in [5.74, 6) is 2.31. The second-order valence-corrected chi connectivity index (χ2v) is 5.02. The van der Waals surface area contributed by atoms with E-state index in [9.17, 15) is 0 Å². The quantitative estimate of drug-likeness (QED) is 0.889. The maximum atomic E-state index is 6.02. The number of nitrogens with zero attached hydrogens (tertiary/aromatic N) is 2. The summed E-state index contributed by atoms with van der Waals surface area (Å²) < 4.78 is 0. The summed E-state index contributed by atoms with van der Waals surface area (Å²) in [5.41, 5.74) is 6.43. The molecule has 1 fully saturated rings. The van der Waals surface area contributed by atoms with Gasteiger partial charge in [0.1, 0.15) is 11.6 Å². The topological polar surface area (TPSA) is 63.8 Å². The van der Waals surface area contributed by atoms with Gasteiger partial charge in [0.2, 0.25) is 0 Å². The van der Waals surface area contributed by atoms with Crippen LogP contribution in [0.5, 0.6) is 0 Å². The minimum absolute atomic E-state index is 0.520. The normalized spacial score (nSPS) is 15.0. The summed E-state index contributed by atoms with van der Waals surface area (Å²) in [6.45, 7) is 1.29. The van der Waals surface area contributed by atoms with Crippen molar-refractivity contribution in [1.82, 2.24) is 9.97 Å². The highest BCUT2D eigenvalue weighted by atomic mass is 35.5. The molecule has 1 aliphatic rings. The van der Waals surface area contributed by atoms with Crippen molar-refractivity contribution >= 4 is 28.3 Å². The molecule has 5 heteroatoms. The molecule has 0 saturated heterocycles. The third-order valence-electron chi connectivity index (χ3n) is 3.06. The van der Waals surface area contributed by atoms with Crippen LogP contribution in [0.25, 0.3) is 10.9 Å². The zero-order valence-corrected chi connectivity index (χ0v) is 10.7. The van der Waals surface area contributed by atoms with Gasteiger partial charge in [0.15, 0.2) is 0 Å². The van der Waals surface area contributed by atoms with Crippen LogP contribution < -0.4 is 11.1 Å². The van der Waals surface area contributed by atoms with E-state index in [1.165, 1.54) is 12.8 Å². The molecule has 0 atom stereocenters. The molecule has 94 valence electrons. The Bertz CT molecular complexity index is 580. The van der Waals surface area contributed by atoms with Crippen molar-refractivity contribution in [3.8, 4) is 0 Å². The molecule has 0 unspecified atom stereocenters. The molecule has 3 rings (SSSR count). The highest BCUT2D eigenvalue weighted by Crippen LogP contribution is 2.39. The van der Waals surface area contributed by atoms with Gasteiger partial charge in [-0.1, -0.05) is 11.6 Å². The average molecular weight is 263 g/mol. The van der Waals surface area contributed by atoms with Crippen molar-refractivity contribution in [3.05, 3.63) is 29.0 Å². The highest BCUT2D eigenvalue weighted by molar-refractivity contribution is 6.31. The summed E-state index contributed by atoms with van der Waals surface area (Å²) in [4.78, 5) is 9.21. The van der Waals surface area contributed by atoms with E-state index in [4.69, 9.17) is 17.3 Å². The molecule has 4 nitrogen and oxygen atoms in total. The summed E-state index contributed by atoms with van der Waals surface area (Å²) >= 11 is 6.02. The average Bonchev–Trinajstić information content (AvgIpc) is 3.19. The highest BCUT2D eigenvalue weighted by Gasteiger charge is 2.27. The molecule has 18 heavy (non-hydrogen) atoms. The fourth-order valence-electron chi connectivity index (χ4n) is 1.97. The third kappa shape index (κ3) is 2.26. The lowest BCUT2D eigenvalue weighted by Crippen LogP contribution is -2.15. The van der Waals surface area contributed by atoms with Crippen LogP contribution in [0.2, 0.25) is 5.02 Å². The van der Waals surface area contributed by atoms with Crippen molar-refractivity contribution in [2.45, 2.75) is 18.8 Å². The monoisotopic (exact) mass is 262 g/mol. The van der Waals surface area contributed by atoms with E-state index in [1.54, 1.807) is 0 Å². The number of nitrogens with one attached hydrogen (secondary N) is 1. The fraction of sp³-hybridized carbons (Fsp3) is 0.385. The number of nitrogens with two attached hydrogens (primary N) is 1. The van der Waals surface area contributed by atoms with Gasteiger partial charge in [-0.15, -0.1) is 0 Å². The third-order valence-corrected chi connectivity index (χ3v) is 3.29. The zero-order chi connectivity index (χ0) is 12.5. The Balaban J connectivity index is 2.10. The van der Waals surface area contributed by atoms with E-state index >= 15 is 0 Å². The van der Waals surface area contributed by atoms with Gasteiger partial charge >= 0.3 is 0 Å². The lowest BCUT2D eigenvalue weighted by molar-refractivity contribution is 0.935. The zero-order valence-electron chi connectivity index (χ0n) is 9.99. The van der Waals surface area contributed by atoms with Crippen molar-refractivity contribution < 1.29 is 0 Å². The van der Waals surface area contributed by atoms with Crippen LogP contribution in [0.1, 0.15) is 24.6 Å². The number of anilines is 1. The Morgan fingerprint density at radius 3 is 2.89 bits per heavy atom. The van der Waals surface area contributed by atoms with Crippen LogP contribution in [0.3, 0.4) is 0 Å². The molecule has 0 aliphatic heterocycles. The lowest BCUT2D eigenvalue weighted by Gasteiger charge is -2.10. The molecule has 0 amide bonds. The molecule has 2 aromatic rings. The number of rotatable bonds is 4. The van der Waals surface area contributed by atoms with Crippen LogP contribution in [-0.4, -0.2) is 23.1 Å². The number of benzene rings is 1. The predicted octanol–water partition coefficient (Wildman–Crippen LogP) is 2.53. The van der Waals surface area contributed by atoms with Gasteiger partial charge in [-0.05, 0) is 31.0 Å². The maximum Gasteiger partial charge on any atom is 0.137 e. The largest absolute Gasteiger partial charge is 0.368 e. The number of aromatic nitrogens is 2. The molecule has 3 N–H and O–H groups in total. The summed E-state index contributed by atoms with van der Waals surface area (Å²) in [5, 5.41) is 4.96. The van der Waals surface area contributed by atoms with Gasteiger partial charge in [0.05, 0.1) is 5.52 Å². The first-order valence-corrected chi connectivity index (χ1v) is 6.57. The Morgan fingerprint density at radius 2 is 2.17 bits per heavy atom. The van der Waals surface area contributed by atoms with Gasteiger partial charge in [-0.2, -0.15) is 0 Å². The van der Waals surface area contributed by atoms with E-state index in [0.717, 1.165) is 22.5 Å². The Morgan fingerprint density at radius 1 is 1.33 bits per heavy atom. The van der Waals surface area contributed by atoms with E-state index in [2.05, 4.69) is 15.3 Å². The minimum Gasteiger partial charge on any atom is -0.368 e. The SMILES string of the molecule is NCCNc1nc(C2CC2)nc2cc(Cl)ccc12. The molecule has 1 saturated carbocycles. The van der Waals surface area contributed by atoms with E-state index in [1.807, 2.05) is 18.2 Å². The second-order valence-electron chi connectivity index (χ2n) is 4.58. The molecule has 1 aromatic heterocycles. The number of halogens is 1. The van der Waals surface area contributed by atoms with E-state index < -0.39 is 0 Å². The first-order chi connectivity index (χ1) is 8.78. The van der Waals surface area contributed by atoms with Gasteiger partial charge in [-0.25, -0.2) is 9.97 Å². The molecule has 0 radical (unpaired) electrons. The van der Waals surface area contributed by atoms with Crippen LogP contribution in [0.15, 0.2) is 18.2 Å². The molecule has 0 spiro atoms.